The van der Waals surface area contributed by atoms with Gasteiger partial charge >= 0.3 is 0 Å². The van der Waals surface area contributed by atoms with Gasteiger partial charge in [0.25, 0.3) is 5.91 Å². The lowest BCUT2D eigenvalue weighted by Gasteiger charge is -2.35. The molecule has 26 heavy (non-hydrogen) atoms. The molecule has 1 spiro atoms. The van der Waals surface area contributed by atoms with Gasteiger partial charge in [0.15, 0.2) is 0 Å². The molecule has 1 aliphatic heterocycles. The molecule has 3 N–H and O–H groups in total. The van der Waals surface area contributed by atoms with Crippen LogP contribution in [0.3, 0.4) is 0 Å². The average Bonchev–Trinajstić information content (AvgIpc) is 3.22. The molecular weight excluding hydrogens is 330 g/mol. The molecule has 0 aromatic carbocycles. The van der Waals surface area contributed by atoms with Gasteiger partial charge in [-0.05, 0) is 44.6 Å². The Kier molecular flexibility index (Phi) is 3.67. The van der Waals surface area contributed by atoms with Crippen LogP contribution in [0.4, 0.5) is 5.95 Å². The van der Waals surface area contributed by atoms with E-state index in [-0.39, 0.29) is 17.6 Å². The van der Waals surface area contributed by atoms with Crippen LogP contribution in [-0.2, 0) is 6.54 Å². The van der Waals surface area contributed by atoms with Gasteiger partial charge in [0.05, 0.1) is 11.6 Å². The summed E-state index contributed by atoms with van der Waals surface area (Å²) in [5, 5.41) is 17.2. The maximum absolute atomic E-state index is 12.6. The van der Waals surface area contributed by atoms with E-state index >= 15 is 0 Å². The average molecular weight is 355 g/mol. The SMILES string of the molecule is O=C1NC2(CCCC2)Cn2c1cc1cnc(NC3CCC(O)CC3)nc12. The second-order valence-corrected chi connectivity index (χ2v) is 8.18. The predicted molar refractivity (Wildman–Crippen MR) is 98.1 cm³/mol. The third-order valence-electron chi connectivity index (χ3n) is 6.30. The summed E-state index contributed by atoms with van der Waals surface area (Å²) in [4.78, 5) is 21.8. The van der Waals surface area contributed by atoms with Gasteiger partial charge in [-0.25, -0.2) is 4.98 Å². The van der Waals surface area contributed by atoms with Crippen LogP contribution in [-0.4, -0.2) is 43.2 Å². The molecule has 2 fully saturated rings. The largest absolute Gasteiger partial charge is 0.393 e. The van der Waals surface area contributed by atoms with Gasteiger partial charge in [0.1, 0.15) is 11.3 Å². The second kappa shape index (κ2) is 5.94. The van der Waals surface area contributed by atoms with Gasteiger partial charge in [-0.2, -0.15) is 4.98 Å². The van der Waals surface area contributed by atoms with Crippen molar-refractivity contribution in [1.82, 2.24) is 19.9 Å². The number of hydrogen-bond acceptors (Lipinski definition) is 5. The highest BCUT2D eigenvalue weighted by Gasteiger charge is 2.41. The minimum absolute atomic E-state index is 0.00641. The second-order valence-electron chi connectivity index (χ2n) is 8.18. The molecule has 7 heteroatoms. The highest BCUT2D eigenvalue weighted by atomic mass is 16.3. The van der Waals surface area contributed by atoms with Crippen molar-refractivity contribution in [3.8, 4) is 0 Å². The Bertz CT molecular complexity index is 847. The van der Waals surface area contributed by atoms with E-state index in [0.29, 0.717) is 17.7 Å². The fourth-order valence-corrected chi connectivity index (χ4v) is 4.84. The predicted octanol–water partition coefficient (Wildman–Crippen LogP) is 2.20. The molecule has 2 saturated carbocycles. The van der Waals surface area contributed by atoms with Gasteiger partial charge in [-0.15, -0.1) is 0 Å². The smallest absolute Gasteiger partial charge is 0.268 e. The lowest BCUT2D eigenvalue weighted by Crippen LogP contribution is -2.53. The lowest BCUT2D eigenvalue weighted by molar-refractivity contribution is 0.0842. The van der Waals surface area contributed by atoms with E-state index in [1.54, 1.807) is 0 Å². The maximum atomic E-state index is 12.6. The molecule has 0 saturated heterocycles. The van der Waals surface area contributed by atoms with Gasteiger partial charge in [-0.1, -0.05) is 12.8 Å². The molecule has 5 rings (SSSR count). The minimum Gasteiger partial charge on any atom is -0.393 e. The number of nitrogens with one attached hydrogen (secondary N) is 2. The molecule has 2 aromatic rings. The van der Waals surface area contributed by atoms with Crippen LogP contribution in [0.25, 0.3) is 11.0 Å². The number of fused-ring (bicyclic) bond motifs is 3. The Morgan fingerprint density at radius 1 is 1.23 bits per heavy atom. The Morgan fingerprint density at radius 2 is 2.00 bits per heavy atom. The number of aliphatic hydroxyl groups is 1. The number of rotatable bonds is 2. The summed E-state index contributed by atoms with van der Waals surface area (Å²) in [6, 6.07) is 2.20. The topological polar surface area (TPSA) is 92.1 Å². The van der Waals surface area contributed by atoms with Crippen molar-refractivity contribution in [2.75, 3.05) is 5.32 Å². The zero-order valence-corrected chi connectivity index (χ0v) is 14.9. The summed E-state index contributed by atoms with van der Waals surface area (Å²) < 4.78 is 2.08. The molecule has 1 amide bonds. The summed E-state index contributed by atoms with van der Waals surface area (Å²) in [5.41, 5.74) is 1.42. The van der Waals surface area contributed by atoms with Crippen molar-refractivity contribution in [1.29, 1.82) is 0 Å². The molecule has 2 aromatic heterocycles. The van der Waals surface area contributed by atoms with E-state index in [2.05, 4.69) is 20.2 Å². The first-order chi connectivity index (χ1) is 12.6. The van der Waals surface area contributed by atoms with Crippen molar-refractivity contribution >= 4 is 22.9 Å². The van der Waals surface area contributed by atoms with Crippen molar-refractivity contribution in [2.45, 2.75) is 75.6 Å². The molecule has 0 bridgehead atoms. The first-order valence-corrected chi connectivity index (χ1v) is 9.75. The van der Waals surface area contributed by atoms with Gasteiger partial charge in [0.2, 0.25) is 5.95 Å². The van der Waals surface area contributed by atoms with Gasteiger partial charge in [-0.3, -0.25) is 4.79 Å². The molecule has 138 valence electrons. The summed E-state index contributed by atoms with van der Waals surface area (Å²) in [6.45, 7) is 0.795. The number of amides is 1. The Balaban J connectivity index is 1.46. The van der Waals surface area contributed by atoms with Crippen LogP contribution in [0, 0.1) is 0 Å². The van der Waals surface area contributed by atoms with Crippen LogP contribution in [0.15, 0.2) is 12.3 Å². The standard InChI is InChI=1S/C19H25N5O2/c25-14-5-3-13(4-6-14)21-18-20-10-12-9-15-17(26)23-19(7-1-2-8-19)11-24(15)16(12)22-18/h9-10,13-14,25H,1-8,11H2,(H,23,26)(H,20,21,22). The van der Waals surface area contributed by atoms with Crippen LogP contribution < -0.4 is 10.6 Å². The van der Waals surface area contributed by atoms with Crippen molar-refractivity contribution in [2.24, 2.45) is 0 Å². The fraction of sp³-hybridized carbons (Fsp3) is 0.632. The number of nitrogens with zero attached hydrogens (tertiary/aromatic N) is 3. The normalized spacial score (nSPS) is 27.5. The summed E-state index contributed by atoms with van der Waals surface area (Å²) in [6.07, 6.45) is 9.57. The molecular formula is C19H25N5O2. The first kappa shape index (κ1) is 16.1. The lowest BCUT2D eigenvalue weighted by atomic mass is 9.93. The van der Waals surface area contributed by atoms with E-state index in [4.69, 9.17) is 4.98 Å². The highest BCUT2D eigenvalue weighted by molar-refractivity contribution is 5.99. The monoisotopic (exact) mass is 355 g/mol. The fourth-order valence-electron chi connectivity index (χ4n) is 4.84. The third-order valence-corrected chi connectivity index (χ3v) is 6.30. The number of anilines is 1. The zero-order valence-electron chi connectivity index (χ0n) is 14.9. The summed E-state index contributed by atoms with van der Waals surface area (Å²) >= 11 is 0. The maximum Gasteiger partial charge on any atom is 0.268 e. The molecule has 2 aliphatic carbocycles. The van der Waals surface area contributed by atoms with Gasteiger partial charge in [0, 0.05) is 24.2 Å². The van der Waals surface area contributed by atoms with Crippen LogP contribution in [0.1, 0.15) is 61.9 Å². The molecule has 3 heterocycles. The molecule has 0 atom stereocenters. The number of aromatic nitrogens is 3. The number of aliphatic hydroxyl groups excluding tert-OH is 1. The molecule has 0 radical (unpaired) electrons. The third kappa shape index (κ3) is 2.65. The molecule has 3 aliphatic rings. The van der Waals surface area contributed by atoms with Crippen LogP contribution in [0.5, 0.6) is 0 Å². The van der Waals surface area contributed by atoms with Crippen molar-refractivity contribution < 1.29 is 9.90 Å². The number of carbonyl (C=O) groups excluding carboxylic acids is 1. The Hall–Kier alpha value is -2.15. The number of hydrogen-bond donors (Lipinski definition) is 3. The molecule has 0 unspecified atom stereocenters. The summed E-state index contributed by atoms with van der Waals surface area (Å²) in [7, 11) is 0. The first-order valence-electron chi connectivity index (χ1n) is 9.75. The van der Waals surface area contributed by atoms with Crippen LogP contribution in [0.2, 0.25) is 0 Å². The quantitative estimate of drug-likeness (QED) is 0.768. The van der Waals surface area contributed by atoms with E-state index in [0.717, 1.165) is 56.1 Å². The van der Waals surface area contributed by atoms with E-state index in [1.165, 1.54) is 12.8 Å². The summed E-state index contributed by atoms with van der Waals surface area (Å²) in [5.74, 6) is 0.623. The van der Waals surface area contributed by atoms with E-state index < -0.39 is 0 Å². The van der Waals surface area contributed by atoms with E-state index in [9.17, 15) is 9.90 Å². The Labute approximate surface area is 152 Å². The van der Waals surface area contributed by atoms with Crippen molar-refractivity contribution in [3.63, 3.8) is 0 Å². The van der Waals surface area contributed by atoms with Crippen molar-refractivity contribution in [3.05, 3.63) is 18.0 Å². The zero-order chi connectivity index (χ0) is 17.7. The van der Waals surface area contributed by atoms with Gasteiger partial charge < -0.3 is 20.3 Å². The highest BCUT2D eigenvalue weighted by Crippen LogP contribution is 2.36. The number of carbonyl (C=O) groups is 1. The minimum atomic E-state index is -0.171. The van der Waals surface area contributed by atoms with E-state index in [1.807, 2.05) is 12.3 Å². The Morgan fingerprint density at radius 3 is 2.77 bits per heavy atom. The van der Waals surface area contributed by atoms with Crippen LogP contribution >= 0.6 is 0 Å². The molecule has 7 nitrogen and oxygen atoms in total.